The minimum absolute atomic E-state index is 0.194. The highest BCUT2D eigenvalue weighted by Gasteiger charge is 2.26. The van der Waals surface area contributed by atoms with Crippen molar-refractivity contribution < 1.29 is 14.7 Å². The molecule has 3 rings (SSSR count). The molecule has 0 bridgehead atoms. The summed E-state index contributed by atoms with van der Waals surface area (Å²) < 4.78 is 1.53. The molecular formula is C29H34N2O4. The van der Waals surface area contributed by atoms with Gasteiger partial charge in [0, 0.05) is 18.2 Å². The summed E-state index contributed by atoms with van der Waals surface area (Å²) in [6, 6.07) is 17.7. The van der Waals surface area contributed by atoms with Crippen LogP contribution in [0.15, 0.2) is 71.7 Å². The lowest BCUT2D eigenvalue weighted by Crippen LogP contribution is -2.40. The summed E-state index contributed by atoms with van der Waals surface area (Å²) in [5, 5.41) is 12.4. The zero-order chi connectivity index (χ0) is 25.4. The van der Waals surface area contributed by atoms with Gasteiger partial charge >= 0.3 is 5.97 Å². The molecule has 1 amide bonds. The van der Waals surface area contributed by atoms with Crippen molar-refractivity contribution in [2.24, 2.45) is 0 Å². The number of unbranched alkanes of at least 4 members (excludes halogenated alkanes) is 1. The molecule has 6 nitrogen and oxygen atoms in total. The van der Waals surface area contributed by atoms with Gasteiger partial charge in [-0.05, 0) is 43.0 Å². The van der Waals surface area contributed by atoms with E-state index in [1.807, 2.05) is 81.4 Å². The van der Waals surface area contributed by atoms with Crippen molar-refractivity contribution in [1.29, 1.82) is 0 Å². The summed E-state index contributed by atoms with van der Waals surface area (Å²) in [6.45, 7) is 5.90. The lowest BCUT2D eigenvalue weighted by molar-refractivity contribution is -0.137. The summed E-state index contributed by atoms with van der Waals surface area (Å²) in [5.74, 6) is -1.34. The Kier molecular flexibility index (Phi) is 9.01. The van der Waals surface area contributed by atoms with Crippen molar-refractivity contribution in [3.05, 3.63) is 105 Å². The van der Waals surface area contributed by atoms with Crippen LogP contribution in [-0.4, -0.2) is 21.6 Å². The summed E-state index contributed by atoms with van der Waals surface area (Å²) in [6.07, 6.45) is 4.10. The minimum atomic E-state index is -1.00. The molecule has 1 heterocycles. The highest BCUT2D eigenvalue weighted by atomic mass is 16.4. The number of nitrogens with one attached hydrogen (secondary N) is 1. The van der Waals surface area contributed by atoms with Gasteiger partial charge in [0.15, 0.2) is 0 Å². The molecule has 0 aliphatic carbocycles. The number of nitrogens with zero attached hydrogens (tertiary/aromatic N) is 1. The van der Waals surface area contributed by atoms with Crippen LogP contribution < -0.4 is 10.9 Å². The highest BCUT2D eigenvalue weighted by Crippen LogP contribution is 2.22. The normalized spacial score (nSPS) is 12.7. The van der Waals surface area contributed by atoms with Crippen molar-refractivity contribution in [3.8, 4) is 0 Å². The number of aromatic nitrogens is 1. The fourth-order valence-electron chi connectivity index (χ4n) is 4.28. The molecule has 2 N–H and O–H groups in total. The standard InChI is InChI=1S/C29H34N2O4/c1-4-5-11-26(28(34)30-25(18-27(32)33)23-14-12-20(2)13-15-23)31-19-21(3)16-24(29(31)35)17-22-9-7-6-8-10-22/h6-10,12-16,19,25-26H,4-5,11,17-18H2,1-3H3,(H,30,34)(H,32,33). The van der Waals surface area contributed by atoms with E-state index in [0.717, 1.165) is 35.1 Å². The van der Waals surface area contributed by atoms with Gasteiger partial charge < -0.3 is 15.0 Å². The Morgan fingerprint density at radius 3 is 2.31 bits per heavy atom. The van der Waals surface area contributed by atoms with E-state index in [1.54, 1.807) is 6.20 Å². The molecule has 0 aliphatic heterocycles. The Morgan fingerprint density at radius 2 is 1.69 bits per heavy atom. The van der Waals surface area contributed by atoms with Gasteiger partial charge in [-0.2, -0.15) is 0 Å². The van der Waals surface area contributed by atoms with Crippen molar-refractivity contribution in [1.82, 2.24) is 9.88 Å². The average Bonchev–Trinajstić information content (AvgIpc) is 2.82. The third kappa shape index (κ3) is 7.15. The first kappa shape index (κ1) is 25.9. The van der Waals surface area contributed by atoms with Crippen LogP contribution in [0.5, 0.6) is 0 Å². The number of rotatable bonds is 11. The number of aryl methyl sites for hydroxylation is 2. The first-order valence-corrected chi connectivity index (χ1v) is 12.1. The zero-order valence-corrected chi connectivity index (χ0v) is 20.7. The molecule has 0 radical (unpaired) electrons. The molecule has 6 heteroatoms. The molecule has 0 saturated carbocycles. The van der Waals surface area contributed by atoms with Crippen molar-refractivity contribution in [3.63, 3.8) is 0 Å². The first-order valence-electron chi connectivity index (χ1n) is 12.1. The topological polar surface area (TPSA) is 88.4 Å². The van der Waals surface area contributed by atoms with E-state index < -0.39 is 18.1 Å². The van der Waals surface area contributed by atoms with Crippen LogP contribution in [-0.2, 0) is 16.0 Å². The third-order valence-electron chi connectivity index (χ3n) is 6.14. The maximum absolute atomic E-state index is 13.6. The van der Waals surface area contributed by atoms with E-state index >= 15 is 0 Å². The number of benzene rings is 2. The second-order valence-electron chi connectivity index (χ2n) is 9.15. The lowest BCUT2D eigenvalue weighted by atomic mass is 10.0. The number of hydrogen-bond acceptors (Lipinski definition) is 3. The Labute approximate surface area is 206 Å². The van der Waals surface area contributed by atoms with Crippen LogP contribution >= 0.6 is 0 Å². The molecule has 0 saturated heterocycles. The Hall–Kier alpha value is -3.67. The number of amides is 1. The van der Waals surface area contributed by atoms with Crippen LogP contribution in [0.2, 0.25) is 0 Å². The summed E-state index contributed by atoms with van der Waals surface area (Å²) >= 11 is 0. The molecule has 3 aromatic rings. The monoisotopic (exact) mass is 474 g/mol. The maximum Gasteiger partial charge on any atom is 0.305 e. The minimum Gasteiger partial charge on any atom is -0.481 e. The number of carboxylic acid groups (broad SMARTS) is 1. The van der Waals surface area contributed by atoms with Crippen molar-refractivity contribution in [2.75, 3.05) is 0 Å². The fraction of sp³-hybridized carbons (Fsp3) is 0.345. The van der Waals surface area contributed by atoms with Gasteiger partial charge in [0.25, 0.3) is 5.56 Å². The second-order valence-corrected chi connectivity index (χ2v) is 9.15. The Balaban J connectivity index is 1.95. The van der Waals surface area contributed by atoms with E-state index in [1.165, 1.54) is 4.57 Å². The summed E-state index contributed by atoms with van der Waals surface area (Å²) in [4.78, 5) is 38.6. The quantitative estimate of drug-likeness (QED) is 0.404. The molecule has 1 aromatic heterocycles. The van der Waals surface area contributed by atoms with Crippen LogP contribution in [0.1, 0.15) is 72.5 Å². The number of pyridine rings is 1. The molecule has 2 aromatic carbocycles. The molecule has 0 fully saturated rings. The number of carboxylic acids is 1. The van der Waals surface area contributed by atoms with Gasteiger partial charge in [0.05, 0.1) is 12.5 Å². The third-order valence-corrected chi connectivity index (χ3v) is 6.14. The Bertz CT molecular complexity index is 1200. The number of carbonyl (C=O) groups excluding carboxylic acids is 1. The SMILES string of the molecule is CCCCC(C(=O)NC(CC(=O)O)c1ccc(C)cc1)n1cc(C)cc(Cc2ccccc2)c1=O. The van der Waals surface area contributed by atoms with E-state index in [-0.39, 0.29) is 17.9 Å². The molecule has 184 valence electrons. The van der Waals surface area contributed by atoms with Gasteiger partial charge in [-0.15, -0.1) is 0 Å². The average molecular weight is 475 g/mol. The highest BCUT2D eigenvalue weighted by molar-refractivity contribution is 5.81. The molecule has 0 spiro atoms. The molecule has 0 aliphatic rings. The molecular weight excluding hydrogens is 440 g/mol. The smallest absolute Gasteiger partial charge is 0.305 e. The Morgan fingerprint density at radius 1 is 1.00 bits per heavy atom. The van der Waals surface area contributed by atoms with E-state index in [2.05, 4.69) is 5.32 Å². The zero-order valence-electron chi connectivity index (χ0n) is 20.7. The van der Waals surface area contributed by atoms with Gasteiger partial charge in [-0.1, -0.05) is 79.9 Å². The first-order chi connectivity index (χ1) is 16.8. The predicted octanol–water partition coefficient (Wildman–Crippen LogP) is 5.12. The van der Waals surface area contributed by atoms with Crippen LogP contribution in [0.3, 0.4) is 0 Å². The number of hydrogen-bond donors (Lipinski definition) is 2. The summed E-state index contributed by atoms with van der Waals surface area (Å²) in [5.41, 5.74) is 4.13. The largest absolute Gasteiger partial charge is 0.481 e. The van der Waals surface area contributed by atoms with Gasteiger partial charge in [0.2, 0.25) is 5.91 Å². The number of aliphatic carboxylic acids is 1. The van der Waals surface area contributed by atoms with Crippen LogP contribution in [0, 0.1) is 13.8 Å². The van der Waals surface area contributed by atoms with E-state index in [0.29, 0.717) is 18.4 Å². The maximum atomic E-state index is 13.6. The molecule has 2 unspecified atom stereocenters. The van der Waals surface area contributed by atoms with Gasteiger partial charge in [0.1, 0.15) is 6.04 Å². The van der Waals surface area contributed by atoms with Crippen LogP contribution in [0.4, 0.5) is 0 Å². The lowest BCUT2D eigenvalue weighted by Gasteiger charge is -2.24. The molecule has 2 atom stereocenters. The number of carbonyl (C=O) groups is 2. The van der Waals surface area contributed by atoms with E-state index in [4.69, 9.17) is 0 Å². The van der Waals surface area contributed by atoms with E-state index in [9.17, 15) is 19.5 Å². The van der Waals surface area contributed by atoms with Crippen molar-refractivity contribution >= 4 is 11.9 Å². The predicted molar refractivity (Wildman–Crippen MR) is 138 cm³/mol. The summed E-state index contributed by atoms with van der Waals surface area (Å²) in [7, 11) is 0. The fourth-order valence-corrected chi connectivity index (χ4v) is 4.28. The van der Waals surface area contributed by atoms with Gasteiger partial charge in [-0.25, -0.2) is 0 Å². The molecule has 35 heavy (non-hydrogen) atoms. The second kappa shape index (κ2) is 12.2. The van der Waals surface area contributed by atoms with Crippen LogP contribution in [0.25, 0.3) is 0 Å². The van der Waals surface area contributed by atoms with Gasteiger partial charge in [-0.3, -0.25) is 14.4 Å². The van der Waals surface area contributed by atoms with Crippen molar-refractivity contribution in [2.45, 2.75) is 65.0 Å².